The van der Waals surface area contributed by atoms with E-state index < -0.39 is 21.7 Å². The smallest absolute Gasteiger partial charge is 0.226 e. The molecule has 39 heavy (non-hydrogen) atoms. The number of fused-ring (bicyclic) bond motifs is 6. The van der Waals surface area contributed by atoms with Crippen molar-refractivity contribution in [2.45, 2.75) is 78.1 Å². The number of allylic oxidation sites excluding steroid dienone is 4. The Bertz CT molecular complexity index is 1630. The fourth-order valence-corrected chi connectivity index (χ4v) is 8.58. The van der Waals surface area contributed by atoms with Crippen LogP contribution in [0.25, 0.3) is 15.5 Å². The average molecular weight is 523 g/mol. The van der Waals surface area contributed by atoms with Crippen LogP contribution in [0, 0.1) is 35.8 Å². The van der Waals surface area contributed by atoms with Gasteiger partial charge in [0.25, 0.3) is 0 Å². The highest BCUT2D eigenvalue weighted by atomic mass is 16.1. The van der Waals surface area contributed by atoms with Crippen molar-refractivity contribution in [1.29, 1.82) is 0 Å². The number of hydrogen-bond acceptors (Lipinski definition) is 4. The van der Waals surface area contributed by atoms with E-state index >= 15 is 0 Å². The molecule has 0 saturated heterocycles. The molecule has 0 unspecified atom stereocenters. The van der Waals surface area contributed by atoms with E-state index in [0.717, 1.165) is 54.0 Å². The normalized spacial score (nSPS) is 32.0. The van der Waals surface area contributed by atoms with Gasteiger partial charge in [0.05, 0.1) is 24.5 Å². The van der Waals surface area contributed by atoms with Gasteiger partial charge in [-0.2, -0.15) is 10.2 Å². The maximum absolute atomic E-state index is 13.1. The van der Waals surface area contributed by atoms with Gasteiger partial charge in [-0.1, -0.05) is 53.7 Å². The molecule has 0 aliphatic heterocycles. The molecule has 2 aromatic heterocycles. The maximum atomic E-state index is 13.1. The number of carbonyl (C=O) groups is 2. The van der Waals surface area contributed by atoms with Crippen LogP contribution in [0.2, 0.25) is 0 Å². The Morgan fingerprint density at radius 2 is 1.33 bits per heavy atom. The molecule has 0 amide bonds. The summed E-state index contributed by atoms with van der Waals surface area (Å²) < 4.78 is 3.81. The predicted molar refractivity (Wildman–Crippen MR) is 146 cm³/mol. The molecular weight excluding hydrogens is 488 g/mol. The first-order chi connectivity index (χ1) is 18.2. The molecule has 8 nitrogen and oxygen atoms in total. The van der Waals surface area contributed by atoms with Gasteiger partial charge < -0.3 is 9.59 Å². The zero-order valence-corrected chi connectivity index (χ0v) is 23.7. The van der Waals surface area contributed by atoms with Gasteiger partial charge >= 0.3 is 0 Å². The van der Waals surface area contributed by atoms with E-state index in [-0.39, 0.29) is 34.8 Å². The second-order valence-corrected chi connectivity index (χ2v) is 13.4. The standard InChI is InChI=1S/C31H34N6O2/c1-28(2)21-12-10-17-16-37(35-23(17)30(21,5)14-19(32-7)25(28)38)27-18-11-13-22-29(3,4)26(39)20(33-8)15-31(22,6)24(18)34-36(27)9/h14-16,21-22H,10-13H2,1-6,9H3/t21-,22-,30-,31-/m0/s1. The van der Waals surface area contributed by atoms with E-state index in [1.165, 1.54) is 0 Å². The molecule has 2 aromatic rings. The molecule has 6 rings (SSSR count). The van der Waals surface area contributed by atoms with Crippen LogP contribution in [0.4, 0.5) is 0 Å². The molecule has 0 spiro atoms. The van der Waals surface area contributed by atoms with E-state index in [1.807, 2.05) is 56.3 Å². The van der Waals surface area contributed by atoms with Crippen LogP contribution in [-0.2, 0) is 40.3 Å². The summed E-state index contributed by atoms with van der Waals surface area (Å²) >= 11 is 0. The predicted octanol–water partition coefficient (Wildman–Crippen LogP) is 5.07. The molecule has 0 fully saturated rings. The molecule has 0 aromatic carbocycles. The Morgan fingerprint density at radius 1 is 0.821 bits per heavy atom. The van der Waals surface area contributed by atoms with Crippen LogP contribution < -0.4 is 0 Å². The van der Waals surface area contributed by atoms with Gasteiger partial charge in [0.1, 0.15) is 0 Å². The lowest BCUT2D eigenvalue weighted by Crippen LogP contribution is -2.51. The fraction of sp³-hybridized carbons (Fsp3) is 0.548. The number of hydrogen-bond donors (Lipinski definition) is 0. The molecule has 4 aliphatic carbocycles. The highest BCUT2D eigenvalue weighted by Gasteiger charge is 2.57. The number of carbonyl (C=O) groups excluding carboxylic acids is 2. The van der Waals surface area contributed by atoms with Crippen molar-refractivity contribution in [2.24, 2.45) is 29.7 Å². The minimum absolute atomic E-state index is 0.0444. The topological polar surface area (TPSA) is 78.5 Å². The lowest BCUT2D eigenvalue weighted by Gasteiger charge is -2.49. The summed E-state index contributed by atoms with van der Waals surface area (Å²) in [5.41, 5.74) is 2.13. The first-order valence-corrected chi connectivity index (χ1v) is 13.7. The number of Topliss-reactive ketones (excluding diaryl/α,β-unsaturated/α-hetero) is 2. The third-order valence-corrected chi connectivity index (χ3v) is 10.5. The Balaban J connectivity index is 1.51. The van der Waals surface area contributed by atoms with Crippen molar-refractivity contribution in [3.63, 3.8) is 0 Å². The molecule has 4 aliphatic rings. The molecule has 200 valence electrons. The van der Waals surface area contributed by atoms with Crippen LogP contribution in [0.5, 0.6) is 0 Å². The minimum atomic E-state index is -0.648. The maximum Gasteiger partial charge on any atom is 0.226 e. The number of ketones is 2. The van der Waals surface area contributed by atoms with Crippen molar-refractivity contribution in [1.82, 2.24) is 19.6 Å². The van der Waals surface area contributed by atoms with E-state index in [4.69, 9.17) is 23.3 Å². The van der Waals surface area contributed by atoms with Gasteiger partial charge in [-0.25, -0.2) is 14.4 Å². The molecular formula is C31H34N6O2. The molecule has 4 atom stereocenters. The fourth-order valence-electron chi connectivity index (χ4n) is 8.58. The highest BCUT2D eigenvalue weighted by molar-refractivity contribution is 6.03. The summed E-state index contributed by atoms with van der Waals surface area (Å²) in [7, 11) is 1.93. The first-order valence-electron chi connectivity index (χ1n) is 13.7. The lowest BCUT2D eigenvalue weighted by atomic mass is 9.53. The molecule has 0 radical (unpaired) electrons. The summed E-state index contributed by atoms with van der Waals surface area (Å²) in [4.78, 5) is 33.4. The summed E-state index contributed by atoms with van der Waals surface area (Å²) in [5.74, 6) is 0.836. The molecule has 8 heteroatoms. The van der Waals surface area contributed by atoms with Crippen LogP contribution >= 0.6 is 0 Å². The van der Waals surface area contributed by atoms with Crippen molar-refractivity contribution in [2.75, 3.05) is 0 Å². The van der Waals surface area contributed by atoms with Gasteiger partial charge in [-0.05, 0) is 43.1 Å². The van der Waals surface area contributed by atoms with E-state index in [9.17, 15) is 9.59 Å². The zero-order valence-electron chi connectivity index (χ0n) is 23.7. The molecule has 0 N–H and O–H groups in total. The van der Waals surface area contributed by atoms with Crippen LogP contribution in [0.15, 0.2) is 29.7 Å². The Hall–Kier alpha value is -3.78. The van der Waals surface area contributed by atoms with E-state index in [2.05, 4.69) is 29.7 Å². The summed E-state index contributed by atoms with van der Waals surface area (Å²) in [6, 6.07) is 0. The largest absolute Gasteiger partial charge is 0.307 e. The summed E-state index contributed by atoms with van der Waals surface area (Å²) in [6.07, 6.45) is 9.06. The Morgan fingerprint density at radius 3 is 1.87 bits per heavy atom. The third kappa shape index (κ3) is 3.03. The molecule has 2 heterocycles. The van der Waals surface area contributed by atoms with Crippen molar-refractivity contribution in [3.05, 3.63) is 75.1 Å². The van der Waals surface area contributed by atoms with Gasteiger partial charge in [-0.15, -0.1) is 0 Å². The zero-order chi connectivity index (χ0) is 28.3. The number of nitrogens with zero attached hydrogens (tertiary/aromatic N) is 6. The Labute approximate surface area is 229 Å². The van der Waals surface area contributed by atoms with Crippen LogP contribution in [0.1, 0.15) is 76.9 Å². The van der Waals surface area contributed by atoms with E-state index in [1.54, 1.807) is 0 Å². The van der Waals surface area contributed by atoms with Crippen LogP contribution in [0.3, 0.4) is 0 Å². The second kappa shape index (κ2) is 7.66. The lowest BCUT2D eigenvalue weighted by molar-refractivity contribution is -0.129. The van der Waals surface area contributed by atoms with Crippen molar-refractivity contribution < 1.29 is 9.59 Å². The van der Waals surface area contributed by atoms with Crippen molar-refractivity contribution in [3.8, 4) is 5.82 Å². The quantitative estimate of drug-likeness (QED) is 0.490. The minimum Gasteiger partial charge on any atom is -0.307 e. The Kier molecular flexibility index (Phi) is 5.01. The van der Waals surface area contributed by atoms with Gasteiger partial charge in [0.15, 0.2) is 17.4 Å². The number of rotatable bonds is 1. The first kappa shape index (κ1) is 25.5. The van der Waals surface area contributed by atoms with Crippen molar-refractivity contribution >= 4 is 11.6 Å². The molecule has 0 bridgehead atoms. The van der Waals surface area contributed by atoms with Crippen LogP contribution in [-0.4, -0.2) is 31.1 Å². The van der Waals surface area contributed by atoms with E-state index in [0.29, 0.717) is 0 Å². The molecule has 0 saturated carbocycles. The highest BCUT2D eigenvalue weighted by Crippen LogP contribution is 2.56. The average Bonchev–Trinajstić information content (AvgIpc) is 3.45. The number of aryl methyl sites for hydroxylation is 2. The third-order valence-electron chi connectivity index (χ3n) is 10.5. The van der Waals surface area contributed by atoms with Gasteiger partial charge in [0.2, 0.25) is 11.4 Å². The van der Waals surface area contributed by atoms with Gasteiger partial charge in [0, 0.05) is 40.5 Å². The monoisotopic (exact) mass is 522 g/mol. The summed E-state index contributed by atoms with van der Waals surface area (Å²) in [5, 5.41) is 10.2. The van der Waals surface area contributed by atoms with Gasteiger partial charge in [-0.3, -0.25) is 4.68 Å². The number of aromatic nitrogens is 4. The second-order valence-electron chi connectivity index (χ2n) is 13.4. The summed E-state index contributed by atoms with van der Waals surface area (Å²) in [6.45, 7) is 27.4. The SMILES string of the molecule is [C-]#[N+]C1=C[C@]2(C)c3nn(-c4c5c(nn4C)[C@@]4(C)C=C([N+]#[C-])C(=O)C(C)(C)[C@@H]4CC5)cc3CC[C@H]2C(C)(C)C1=O.